The number of hydrogen-bond acceptors (Lipinski definition) is 6. The molecule has 7 heteroatoms. The van der Waals surface area contributed by atoms with Crippen molar-refractivity contribution in [3.8, 4) is 0 Å². The molecule has 100 valence electrons. The van der Waals surface area contributed by atoms with E-state index in [1.165, 1.54) is 6.20 Å². The lowest BCUT2D eigenvalue weighted by molar-refractivity contribution is -0.388. The van der Waals surface area contributed by atoms with Crippen LogP contribution in [0.25, 0.3) is 0 Å². The molecule has 0 amide bonds. The maximum absolute atomic E-state index is 10.9. The number of rotatable bonds is 4. The summed E-state index contributed by atoms with van der Waals surface area (Å²) in [4.78, 5) is 14.1. The zero-order valence-corrected chi connectivity index (χ0v) is 10.9. The number of nitro groups is 1. The van der Waals surface area contributed by atoms with Crippen molar-refractivity contribution in [2.45, 2.75) is 26.8 Å². The molecule has 7 nitrogen and oxygen atoms in total. The molecule has 2 rings (SSSR count). The molecule has 0 fully saturated rings. The highest BCUT2D eigenvalue weighted by Gasteiger charge is 2.20. The molecule has 19 heavy (non-hydrogen) atoms. The molecular weight excluding hydrogens is 248 g/mol. The van der Waals surface area contributed by atoms with E-state index in [2.05, 4.69) is 15.5 Å². The monoisotopic (exact) mass is 262 g/mol. The molecule has 0 bridgehead atoms. The predicted octanol–water partition coefficient (Wildman–Crippen LogP) is 2.77. The highest BCUT2D eigenvalue weighted by Crippen LogP contribution is 2.28. The van der Waals surface area contributed by atoms with E-state index in [0.29, 0.717) is 11.4 Å². The van der Waals surface area contributed by atoms with E-state index in [1.54, 1.807) is 12.1 Å². The summed E-state index contributed by atoms with van der Waals surface area (Å²) in [5.74, 6) is 0.505. The van der Waals surface area contributed by atoms with Gasteiger partial charge in [0.2, 0.25) is 0 Å². The van der Waals surface area contributed by atoms with Crippen molar-refractivity contribution in [1.82, 2.24) is 10.1 Å². The Labute approximate surface area is 109 Å². The molecule has 0 aliphatic rings. The quantitative estimate of drug-likeness (QED) is 0.672. The summed E-state index contributed by atoms with van der Waals surface area (Å²) >= 11 is 0. The largest absolute Gasteiger partial charge is 0.386 e. The van der Waals surface area contributed by atoms with Crippen LogP contribution in [0.4, 0.5) is 11.5 Å². The first kappa shape index (κ1) is 13.0. The van der Waals surface area contributed by atoms with Crippen molar-refractivity contribution in [1.29, 1.82) is 0 Å². The Hall–Kier alpha value is -2.44. The Bertz CT molecular complexity index is 589. The van der Waals surface area contributed by atoms with Crippen LogP contribution in [0.3, 0.4) is 0 Å². The van der Waals surface area contributed by atoms with E-state index >= 15 is 0 Å². The maximum Gasteiger partial charge on any atom is 0.386 e. The molecule has 0 saturated heterocycles. The van der Waals surface area contributed by atoms with Crippen LogP contribution in [-0.4, -0.2) is 15.1 Å². The first-order valence-corrected chi connectivity index (χ1v) is 5.79. The molecule has 0 radical (unpaired) electrons. The molecule has 0 spiro atoms. The molecule has 0 aliphatic heterocycles. The van der Waals surface area contributed by atoms with Gasteiger partial charge in [0, 0.05) is 5.56 Å². The zero-order chi connectivity index (χ0) is 14.0. The minimum atomic E-state index is -0.512. The summed E-state index contributed by atoms with van der Waals surface area (Å²) < 4.78 is 5.09. The minimum absolute atomic E-state index is 0.158. The number of aryl methyl sites for hydroxylation is 2. The number of nitrogens with zero attached hydrogens (tertiary/aromatic N) is 3. The van der Waals surface area contributed by atoms with Crippen LogP contribution in [0.5, 0.6) is 0 Å². The lowest BCUT2D eigenvalue weighted by Crippen LogP contribution is -2.10. The van der Waals surface area contributed by atoms with Crippen molar-refractivity contribution in [2.24, 2.45) is 0 Å². The highest BCUT2D eigenvalue weighted by molar-refractivity contribution is 5.58. The van der Waals surface area contributed by atoms with Gasteiger partial charge in [-0.25, -0.2) is 0 Å². The van der Waals surface area contributed by atoms with Gasteiger partial charge in [0.25, 0.3) is 0 Å². The lowest BCUT2D eigenvalue weighted by atomic mass is 10.1. The second-order valence-electron chi connectivity index (χ2n) is 4.24. The van der Waals surface area contributed by atoms with Gasteiger partial charge in [-0.2, -0.15) is 0 Å². The fourth-order valence-electron chi connectivity index (χ4n) is 2.07. The summed E-state index contributed by atoms with van der Waals surface area (Å²) in [6.07, 6.45) is 1.39. The first-order chi connectivity index (χ1) is 9.00. The van der Waals surface area contributed by atoms with E-state index < -0.39 is 4.92 Å². The highest BCUT2D eigenvalue weighted by atomic mass is 16.6. The van der Waals surface area contributed by atoms with E-state index in [4.69, 9.17) is 4.52 Å². The fourth-order valence-corrected chi connectivity index (χ4v) is 2.07. The summed E-state index contributed by atoms with van der Waals surface area (Å²) in [5.41, 5.74) is 2.04. The SMILES string of the molecule is Cc1noc(C)c1C(C)Nc1cccnc1[N+](=O)[O-]. The summed E-state index contributed by atoms with van der Waals surface area (Å²) in [7, 11) is 0. The molecule has 2 heterocycles. The molecule has 1 atom stereocenters. The number of anilines is 1. The zero-order valence-electron chi connectivity index (χ0n) is 10.9. The van der Waals surface area contributed by atoms with Gasteiger partial charge in [-0.15, -0.1) is 0 Å². The normalized spacial score (nSPS) is 12.2. The average Bonchev–Trinajstić information content (AvgIpc) is 2.69. The van der Waals surface area contributed by atoms with Crippen LogP contribution in [0.15, 0.2) is 22.9 Å². The topological polar surface area (TPSA) is 94.1 Å². The summed E-state index contributed by atoms with van der Waals surface area (Å²) in [5, 5.41) is 17.8. The van der Waals surface area contributed by atoms with Gasteiger partial charge in [-0.1, -0.05) is 5.16 Å². The van der Waals surface area contributed by atoms with Crippen LogP contribution >= 0.6 is 0 Å². The molecule has 0 aromatic carbocycles. The number of pyridine rings is 1. The van der Waals surface area contributed by atoms with Crippen LogP contribution < -0.4 is 5.32 Å². The van der Waals surface area contributed by atoms with Crippen molar-refractivity contribution in [3.05, 3.63) is 45.5 Å². The minimum Gasteiger partial charge on any atom is -0.371 e. The third-order valence-corrected chi connectivity index (χ3v) is 2.85. The number of nitrogens with one attached hydrogen (secondary N) is 1. The van der Waals surface area contributed by atoms with Gasteiger partial charge >= 0.3 is 5.82 Å². The fraction of sp³-hybridized carbons (Fsp3) is 0.333. The van der Waals surface area contributed by atoms with Crippen LogP contribution in [0, 0.1) is 24.0 Å². The van der Waals surface area contributed by atoms with Gasteiger partial charge in [0.05, 0.1) is 11.7 Å². The van der Waals surface area contributed by atoms with Crippen LogP contribution in [-0.2, 0) is 0 Å². The van der Waals surface area contributed by atoms with E-state index in [9.17, 15) is 10.1 Å². The van der Waals surface area contributed by atoms with Gasteiger partial charge in [-0.3, -0.25) is 0 Å². The third kappa shape index (κ3) is 2.54. The van der Waals surface area contributed by atoms with Crippen LogP contribution in [0.2, 0.25) is 0 Å². The number of aromatic nitrogens is 2. The molecule has 2 aromatic heterocycles. The molecule has 0 aliphatic carbocycles. The molecule has 1 unspecified atom stereocenters. The smallest absolute Gasteiger partial charge is 0.371 e. The Morgan fingerprint density at radius 1 is 1.47 bits per heavy atom. The van der Waals surface area contributed by atoms with E-state index in [-0.39, 0.29) is 11.9 Å². The van der Waals surface area contributed by atoms with Crippen LogP contribution in [0.1, 0.15) is 30.0 Å². The van der Waals surface area contributed by atoms with E-state index in [0.717, 1.165) is 11.3 Å². The van der Waals surface area contributed by atoms with Crippen molar-refractivity contribution < 1.29 is 9.45 Å². The van der Waals surface area contributed by atoms with Crippen molar-refractivity contribution >= 4 is 11.5 Å². The average molecular weight is 262 g/mol. The van der Waals surface area contributed by atoms with Crippen molar-refractivity contribution in [2.75, 3.05) is 5.32 Å². The summed E-state index contributed by atoms with van der Waals surface area (Å²) in [6.45, 7) is 5.54. The Morgan fingerprint density at radius 2 is 2.21 bits per heavy atom. The summed E-state index contributed by atoms with van der Waals surface area (Å²) in [6, 6.07) is 3.11. The Balaban J connectivity index is 2.29. The molecule has 2 aromatic rings. The molecular formula is C12H14N4O3. The Morgan fingerprint density at radius 3 is 2.79 bits per heavy atom. The second kappa shape index (κ2) is 5.05. The van der Waals surface area contributed by atoms with E-state index in [1.807, 2.05) is 20.8 Å². The van der Waals surface area contributed by atoms with Gasteiger partial charge < -0.3 is 20.0 Å². The maximum atomic E-state index is 10.9. The standard InChI is InChI=1S/C12H14N4O3/c1-7(11-8(2)15-19-9(11)3)14-10-5-4-6-13-12(10)16(17)18/h4-7,14H,1-3H3. The van der Waals surface area contributed by atoms with Crippen molar-refractivity contribution in [3.63, 3.8) is 0 Å². The lowest BCUT2D eigenvalue weighted by Gasteiger charge is -2.14. The Kier molecular flexibility index (Phi) is 3.46. The van der Waals surface area contributed by atoms with Gasteiger partial charge in [0.15, 0.2) is 0 Å². The first-order valence-electron chi connectivity index (χ1n) is 5.79. The second-order valence-corrected chi connectivity index (χ2v) is 4.24. The van der Waals surface area contributed by atoms with Gasteiger partial charge in [-0.05, 0) is 42.8 Å². The molecule has 1 N–H and O–H groups in total. The predicted molar refractivity (Wildman–Crippen MR) is 68.9 cm³/mol. The number of hydrogen-bond donors (Lipinski definition) is 1. The van der Waals surface area contributed by atoms with Gasteiger partial charge in [0.1, 0.15) is 17.6 Å². The third-order valence-electron chi connectivity index (χ3n) is 2.85. The molecule has 0 saturated carbocycles.